The molecule has 166 valence electrons. The summed E-state index contributed by atoms with van der Waals surface area (Å²) < 4.78 is 24.6. The molecule has 7 heteroatoms. The van der Waals surface area contributed by atoms with Gasteiger partial charge in [-0.3, -0.25) is 9.59 Å². The SMILES string of the molecule is Cc1cc(C)cc(C(=O)N2CCCC(C(=O)NCCCS(=O)(=O)c3ccccc3)C2)c1. The van der Waals surface area contributed by atoms with Crippen LogP contribution in [0.1, 0.15) is 40.7 Å². The summed E-state index contributed by atoms with van der Waals surface area (Å²) in [5, 5.41) is 2.85. The molecule has 0 bridgehead atoms. The quantitative estimate of drug-likeness (QED) is 0.668. The van der Waals surface area contributed by atoms with Crippen molar-refractivity contribution in [2.24, 2.45) is 5.92 Å². The lowest BCUT2D eigenvalue weighted by atomic mass is 9.96. The number of carbonyl (C=O) groups excluding carboxylic acids is 2. The average molecular weight is 443 g/mol. The van der Waals surface area contributed by atoms with Gasteiger partial charge in [0, 0.05) is 25.2 Å². The van der Waals surface area contributed by atoms with Crippen LogP contribution in [-0.2, 0) is 14.6 Å². The minimum Gasteiger partial charge on any atom is -0.356 e. The molecule has 1 N–H and O–H groups in total. The molecule has 1 saturated heterocycles. The van der Waals surface area contributed by atoms with Gasteiger partial charge in [0.25, 0.3) is 5.91 Å². The van der Waals surface area contributed by atoms with Gasteiger partial charge in [-0.25, -0.2) is 8.42 Å². The summed E-state index contributed by atoms with van der Waals surface area (Å²) in [4.78, 5) is 27.6. The molecule has 1 heterocycles. The van der Waals surface area contributed by atoms with E-state index in [0.717, 1.165) is 24.0 Å². The van der Waals surface area contributed by atoms with Crippen molar-refractivity contribution in [3.05, 3.63) is 65.2 Å². The molecule has 0 aromatic heterocycles. The fraction of sp³-hybridized carbons (Fsp3) is 0.417. The van der Waals surface area contributed by atoms with Gasteiger partial charge in [-0.15, -0.1) is 0 Å². The number of likely N-dealkylation sites (tertiary alicyclic amines) is 1. The van der Waals surface area contributed by atoms with Gasteiger partial charge in [-0.1, -0.05) is 35.4 Å². The summed E-state index contributed by atoms with van der Waals surface area (Å²) in [6.07, 6.45) is 1.85. The van der Waals surface area contributed by atoms with E-state index < -0.39 is 9.84 Å². The highest BCUT2D eigenvalue weighted by molar-refractivity contribution is 7.91. The summed E-state index contributed by atoms with van der Waals surface area (Å²) in [5.41, 5.74) is 2.74. The van der Waals surface area contributed by atoms with Crippen LogP contribution in [0.4, 0.5) is 0 Å². The van der Waals surface area contributed by atoms with Crippen LogP contribution in [0.2, 0.25) is 0 Å². The predicted octanol–water partition coefficient (Wildman–Crippen LogP) is 3.14. The molecular formula is C24H30N2O4S. The largest absolute Gasteiger partial charge is 0.356 e. The van der Waals surface area contributed by atoms with Crippen LogP contribution in [0.5, 0.6) is 0 Å². The van der Waals surface area contributed by atoms with E-state index in [1.807, 2.05) is 32.0 Å². The number of hydrogen-bond acceptors (Lipinski definition) is 4. The number of sulfone groups is 1. The molecule has 31 heavy (non-hydrogen) atoms. The number of piperidine rings is 1. The first-order valence-corrected chi connectivity index (χ1v) is 12.3. The number of nitrogens with one attached hydrogen (secondary N) is 1. The highest BCUT2D eigenvalue weighted by Gasteiger charge is 2.29. The van der Waals surface area contributed by atoms with Crippen molar-refractivity contribution in [2.45, 2.75) is 38.0 Å². The molecule has 1 atom stereocenters. The molecule has 0 aliphatic carbocycles. The first-order chi connectivity index (χ1) is 14.8. The van der Waals surface area contributed by atoms with E-state index in [9.17, 15) is 18.0 Å². The van der Waals surface area contributed by atoms with Crippen molar-refractivity contribution in [3.8, 4) is 0 Å². The van der Waals surface area contributed by atoms with E-state index in [0.29, 0.717) is 36.5 Å². The van der Waals surface area contributed by atoms with Crippen LogP contribution in [0.3, 0.4) is 0 Å². The third-order valence-electron chi connectivity index (χ3n) is 5.54. The number of carbonyl (C=O) groups is 2. The van der Waals surface area contributed by atoms with Crippen molar-refractivity contribution < 1.29 is 18.0 Å². The fourth-order valence-corrected chi connectivity index (χ4v) is 5.35. The lowest BCUT2D eigenvalue weighted by Crippen LogP contribution is -2.45. The van der Waals surface area contributed by atoms with Gasteiger partial charge in [0.15, 0.2) is 9.84 Å². The Hall–Kier alpha value is -2.67. The zero-order valence-electron chi connectivity index (χ0n) is 18.1. The fourth-order valence-electron chi connectivity index (χ4n) is 4.02. The third kappa shape index (κ3) is 6.17. The van der Waals surface area contributed by atoms with Gasteiger partial charge >= 0.3 is 0 Å². The molecule has 1 fully saturated rings. The van der Waals surface area contributed by atoms with Gasteiger partial charge in [-0.05, 0) is 57.4 Å². The Morgan fingerprint density at radius 3 is 2.42 bits per heavy atom. The van der Waals surface area contributed by atoms with Crippen molar-refractivity contribution in [2.75, 3.05) is 25.4 Å². The zero-order chi connectivity index (χ0) is 22.4. The van der Waals surface area contributed by atoms with Crippen molar-refractivity contribution in [1.82, 2.24) is 10.2 Å². The van der Waals surface area contributed by atoms with E-state index in [1.54, 1.807) is 35.2 Å². The van der Waals surface area contributed by atoms with Gasteiger partial charge in [0.05, 0.1) is 16.6 Å². The highest BCUT2D eigenvalue weighted by atomic mass is 32.2. The maximum Gasteiger partial charge on any atom is 0.253 e. The highest BCUT2D eigenvalue weighted by Crippen LogP contribution is 2.20. The molecule has 0 saturated carbocycles. The second kappa shape index (κ2) is 10.1. The first kappa shape index (κ1) is 23.0. The minimum atomic E-state index is -3.35. The predicted molar refractivity (Wildman–Crippen MR) is 121 cm³/mol. The summed E-state index contributed by atoms with van der Waals surface area (Å²) in [6, 6.07) is 14.1. The number of benzene rings is 2. The second-order valence-electron chi connectivity index (χ2n) is 8.24. The van der Waals surface area contributed by atoms with E-state index in [4.69, 9.17) is 0 Å². The van der Waals surface area contributed by atoms with Gasteiger partial charge in [0.2, 0.25) is 5.91 Å². The molecular weight excluding hydrogens is 412 g/mol. The number of nitrogens with zero attached hydrogens (tertiary/aromatic N) is 1. The topological polar surface area (TPSA) is 83.6 Å². The summed E-state index contributed by atoms with van der Waals surface area (Å²) in [6.45, 7) is 5.26. The standard InChI is InChI=1S/C24H30N2O4S/c1-18-14-19(2)16-21(15-18)24(28)26-12-6-8-20(17-26)23(27)25-11-7-13-31(29,30)22-9-4-3-5-10-22/h3-5,9-10,14-16,20H,6-8,11-13,17H2,1-2H3,(H,25,27). The number of hydrogen-bond donors (Lipinski definition) is 1. The van der Waals surface area contributed by atoms with Crippen LogP contribution in [-0.4, -0.2) is 50.5 Å². The Labute approximate surface area is 184 Å². The Morgan fingerprint density at radius 2 is 1.74 bits per heavy atom. The second-order valence-corrected chi connectivity index (χ2v) is 10.4. The maximum absolute atomic E-state index is 12.9. The molecule has 1 aliphatic rings. The smallest absolute Gasteiger partial charge is 0.253 e. The van der Waals surface area contributed by atoms with Gasteiger partial charge < -0.3 is 10.2 Å². The van der Waals surface area contributed by atoms with Crippen LogP contribution >= 0.6 is 0 Å². The van der Waals surface area contributed by atoms with E-state index in [1.165, 1.54) is 0 Å². The number of amides is 2. The average Bonchev–Trinajstić information content (AvgIpc) is 2.76. The van der Waals surface area contributed by atoms with Crippen LogP contribution in [0, 0.1) is 19.8 Å². The molecule has 0 spiro atoms. The summed E-state index contributed by atoms with van der Waals surface area (Å²) >= 11 is 0. The van der Waals surface area contributed by atoms with Crippen LogP contribution < -0.4 is 5.32 Å². The molecule has 1 unspecified atom stereocenters. The molecule has 6 nitrogen and oxygen atoms in total. The molecule has 2 amide bonds. The minimum absolute atomic E-state index is 0.0146. The normalized spacial score (nSPS) is 16.7. The lowest BCUT2D eigenvalue weighted by Gasteiger charge is -2.32. The Bertz CT molecular complexity index is 1010. The maximum atomic E-state index is 12.9. The summed E-state index contributed by atoms with van der Waals surface area (Å²) in [7, 11) is -3.35. The molecule has 0 radical (unpaired) electrons. The Kier molecular flexibility index (Phi) is 7.49. The molecule has 3 rings (SSSR count). The van der Waals surface area contributed by atoms with E-state index >= 15 is 0 Å². The van der Waals surface area contributed by atoms with Crippen LogP contribution in [0.15, 0.2) is 53.4 Å². The Morgan fingerprint density at radius 1 is 1.06 bits per heavy atom. The van der Waals surface area contributed by atoms with Gasteiger partial charge in [-0.2, -0.15) is 0 Å². The van der Waals surface area contributed by atoms with Gasteiger partial charge in [0.1, 0.15) is 0 Å². The van der Waals surface area contributed by atoms with Crippen molar-refractivity contribution >= 4 is 21.7 Å². The van der Waals surface area contributed by atoms with Crippen molar-refractivity contribution in [3.63, 3.8) is 0 Å². The number of rotatable bonds is 7. The first-order valence-electron chi connectivity index (χ1n) is 10.7. The van der Waals surface area contributed by atoms with E-state index in [2.05, 4.69) is 5.32 Å². The number of aryl methyl sites for hydroxylation is 2. The monoisotopic (exact) mass is 442 g/mol. The third-order valence-corrected chi connectivity index (χ3v) is 7.36. The lowest BCUT2D eigenvalue weighted by molar-refractivity contribution is -0.126. The molecule has 1 aliphatic heterocycles. The summed E-state index contributed by atoms with van der Waals surface area (Å²) in [5.74, 6) is -0.443. The van der Waals surface area contributed by atoms with Crippen LogP contribution in [0.25, 0.3) is 0 Å². The zero-order valence-corrected chi connectivity index (χ0v) is 19.0. The molecule has 2 aromatic rings. The van der Waals surface area contributed by atoms with Crippen molar-refractivity contribution in [1.29, 1.82) is 0 Å². The molecule has 2 aromatic carbocycles. The van der Waals surface area contributed by atoms with E-state index in [-0.39, 0.29) is 23.5 Å². The Balaban J connectivity index is 1.50.